The lowest BCUT2D eigenvalue weighted by atomic mass is 10.1. The molecule has 1 N–H and O–H groups in total. The lowest BCUT2D eigenvalue weighted by Crippen LogP contribution is -2.34. The largest absolute Gasteiger partial charge is 0.362 e. The minimum absolute atomic E-state index is 0.900. The van der Waals surface area contributed by atoms with Crippen LogP contribution in [0, 0.1) is 6.92 Å². The number of fused-ring (bicyclic) bond motifs is 1. The molecule has 1 aromatic carbocycles. The number of rotatable bonds is 5. The third-order valence-corrected chi connectivity index (χ3v) is 4.06. The molecule has 0 radical (unpaired) electrons. The fraction of sp³-hybridized carbons (Fsp3) is 0.471. The van der Waals surface area contributed by atoms with E-state index in [1.54, 1.807) is 0 Å². The number of imidazole rings is 1. The molecule has 0 spiro atoms. The predicted octanol–water partition coefficient (Wildman–Crippen LogP) is 2.71. The van der Waals surface area contributed by atoms with Crippen molar-refractivity contribution in [3.8, 4) is 0 Å². The Labute approximate surface area is 126 Å². The highest BCUT2D eigenvalue weighted by Gasteiger charge is 2.18. The normalized spacial score (nSPS) is 14.3. The third kappa shape index (κ3) is 3.10. The van der Waals surface area contributed by atoms with E-state index >= 15 is 0 Å². The predicted molar refractivity (Wildman–Crippen MR) is 86.5 cm³/mol. The number of nitrogens with zero attached hydrogens (tertiary/aromatic N) is 3. The second-order valence-electron chi connectivity index (χ2n) is 5.77. The maximum atomic E-state index is 4.46. The van der Waals surface area contributed by atoms with Gasteiger partial charge in [-0.15, -0.1) is 0 Å². The maximum Gasteiger partial charge on any atom is 0.128 e. The van der Waals surface area contributed by atoms with Gasteiger partial charge in [0.15, 0.2) is 0 Å². The van der Waals surface area contributed by atoms with Crippen molar-refractivity contribution >= 4 is 5.69 Å². The molecule has 2 heterocycles. The molecule has 1 aromatic heterocycles. The molecule has 2 aromatic rings. The van der Waals surface area contributed by atoms with Crippen LogP contribution in [-0.4, -0.2) is 22.6 Å². The highest BCUT2D eigenvalue weighted by atomic mass is 15.2. The van der Waals surface area contributed by atoms with Crippen LogP contribution in [0.1, 0.15) is 30.3 Å². The molecule has 112 valence electrons. The molecule has 4 heteroatoms. The first kappa shape index (κ1) is 14.1. The Morgan fingerprint density at radius 3 is 3.05 bits per heavy atom. The van der Waals surface area contributed by atoms with Crippen molar-refractivity contribution in [3.63, 3.8) is 0 Å². The number of hydrogen-bond acceptors (Lipinski definition) is 3. The first-order valence-electron chi connectivity index (χ1n) is 7.83. The summed E-state index contributed by atoms with van der Waals surface area (Å²) < 4.78 is 2.25. The van der Waals surface area contributed by atoms with E-state index in [0.29, 0.717) is 0 Å². The zero-order valence-electron chi connectivity index (χ0n) is 13.0. The van der Waals surface area contributed by atoms with Gasteiger partial charge in [-0.3, -0.25) is 0 Å². The Bertz CT molecular complexity index is 603. The van der Waals surface area contributed by atoms with Gasteiger partial charge >= 0.3 is 0 Å². The van der Waals surface area contributed by atoms with Crippen molar-refractivity contribution < 1.29 is 0 Å². The molecule has 21 heavy (non-hydrogen) atoms. The molecular weight excluding hydrogens is 260 g/mol. The van der Waals surface area contributed by atoms with E-state index in [-0.39, 0.29) is 0 Å². The van der Waals surface area contributed by atoms with E-state index in [4.69, 9.17) is 0 Å². The third-order valence-electron chi connectivity index (χ3n) is 4.06. The van der Waals surface area contributed by atoms with E-state index in [2.05, 4.69) is 58.0 Å². The van der Waals surface area contributed by atoms with E-state index in [0.717, 1.165) is 38.5 Å². The number of aromatic nitrogens is 2. The van der Waals surface area contributed by atoms with Gasteiger partial charge in [0.05, 0.1) is 6.54 Å². The Morgan fingerprint density at radius 2 is 2.19 bits per heavy atom. The number of aryl methyl sites for hydroxylation is 1. The monoisotopic (exact) mass is 284 g/mol. The van der Waals surface area contributed by atoms with Gasteiger partial charge in [-0.2, -0.15) is 0 Å². The molecule has 0 fully saturated rings. The molecule has 4 nitrogen and oxygen atoms in total. The molecule has 0 amide bonds. The summed E-state index contributed by atoms with van der Waals surface area (Å²) in [5.41, 5.74) is 4.06. The summed E-state index contributed by atoms with van der Waals surface area (Å²) >= 11 is 0. The molecular formula is C17H24N4. The van der Waals surface area contributed by atoms with Crippen LogP contribution in [-0.2, 0) is 19.6 Å². The Kier molecular flexibility index (Phi) is 4.25. The molecule has 0 aliphatic carbocycles. The van der Waals surface area contributed by atoms with Crippen LogP contribution in [0.5, 0.6) is 0 Å². The van der Waals surface area contributed by atoms with Crippen molar-refractivity contribution in [2.75, 3.05) is 18.0 Å². The molecule has 0 unspecified atom stereocenters. The SMILES string of the molecule is CCCNCc1cc(C)ccc1N1CCn2ccnc2C1. The first-order chi connectivity index (χ1) is 10.3. The zero-order chi connectivity index (χ0) is 14.7. The molecule has 1 aliphatic rings. The summed E-state index contributed by atoms with van der Waals surface area (Å²) in [5.74, 6) is 1.16. The van der Waals surface area contributed by atoms with Gasteiger partial charge in [-0.1, -0.05) is 24.6 Å². The highest BCUT2D eigenvalue weighted by Crippen LogP contribution is 2.25. The summed E-state index contributed by atoms with van der Waals surface area (Å²) in [5, 5.41) is 3.52. The quantitative estimate of drug-likeness (QED) is 0.857. The Balaban J connectivity index is 1.81. The Hall–Kier alpha value is -1.81. The van der Waals surface area contributed by atoms with E-state index < -0.39 is 0 Å². The highest BCUT2D eigenvalue weighted by molar-refractivity contribution is 5.55. The van der Waals surface area contributed by atoms with E-state index in [9.17, 15) is 0 Å². The summed E-state index contributed by atoms with van der Waals surface area (Å²) in [6, 6.07) is 6.77. The summed E-state index contributed by atoms with van der Waals surface area (Å²) in [4.78, 5) is 6.91. The van der Waals surface area contributed by atoms with Gasteiger partial charge in [0.2, 0.25) is 0 Å². The average molecular weight is 284 g/mol. The Morgan fingerprint density at radius 1 is 1.29 bits per heavy atom. The van der Waals surface area contributed by atoms with Gasteiger partial charge in [0.1, 0.15) is 5.82 Å². The van der Waals surface area contributed by atoms with Crippen LogP contribution < -0.4 is 10.2 Å². The lowest BCUT2D eigenvalue weighted by molar-refractivity contribution is 0.557. The van der Waals surface area contributed by atoms with Crippen molar-refractivity contribution in [1.82, 2.24) is 14.9 Å². The van der Waals surface area contributed by atoms with Crippen molar-refractivity contribution in [2.45, 2.75) is 39.9 Å². The lowest BCUT2D eigenvalue weighted by Gasteiger charge is -2.31. The smallest absolute Gasteiger partial charge is 0.128 e. The van der Waals surface area contributed by atoms with Crippen LogP contribution in [0.15, 0.2) is 30.6 Å². The molecule has 0 atom stereocenters. The second-order valence-corrected chi connectivity index (χ2v) is 5.77. The molecule has 0 bridgehead atoms. The number of anilines is 1. The summed E-state index contributed by atoms with van der Waals surface area (Å²) in [7, 11) is 0. The zero-order valence-corrected chi connectivity index (χ0v) is 13.0. The van der Waals surface area contributed by atoms with Crippen molar-refractivity contribution in [3.05, 3.63) is 47.5 Å². The van der Waals surface area contributed by atoms with Crippen LogP contribution in [0.3, 0.4) is 0 Å². The fourth-order valence-electron chi connectivity index (χ4n) is 2.94. The maximum absolute atomic E-state index is 4.46. The average Bonchev–Trinajstić information content (AvgIpc) is 2.95. The minimum Gasteiger partial charge on any atom is -0.362 e. The van der Waals surface area contributed by atoms with Crippen molar-refractivity contribution in [1.29, 1.82) is 0 Å². The molecule has 3 rings (SSSR count). The van der Waals surface area contributed by atoms with Gasteiger partial charge < -0.3 is 14.8 Å². The van der Waals surface area contributed by atoms with Gasteiger partial charge in [-0.05, 0) is 31.5 Å². The van der Waals surface area contributed by atoms with E-state index in [1.807, 2.05) is 6.20 Å². The standard InChI is InChI=1S/C17H24N4/c1-3-6-18-12-15-11-14(2)4-5-16(15)21-10-9-20-8-7-19-17(20)13-21/h4-5,7-8,11,18H,3,6,9-10,12-13H2,1-2H3. The van der Waals surface area contributed by atoms with E-state index in [1.165, 1.54) is 23.2 Å². The minimum atomic E-state index is 0.900. The van der Waals surface area contributed by atoms with Crippen LogP contribution in [0.4, 0.5) is 5.69 Å². The van der Waals surface area contributed by atoms with Crippen LogP contribution >= 0.6 is 0 Å². The number of nitrogens with one attached hydrogen (secondary N) is 1. The molecule has 0 saturated carbocycles. The number of hydrogen-bond donors (Lipinski definition) is 1. The summed E-state index contributed by atoms with van der Waals surface area (Å²) in [6.07, 6.45) is 5.14. The van der Waals surface area contributed by atoms with Gasteiger partial charge in [0, 0.05) is 37.7 Å². The topological polar surface area (TPSA) is 33.1 Å². The van der Waals surface area contributed by atoms with Crippen molar-refractivity contribution in [2.24, 2.45) is 0 Å². The molecule has 1 aliphatic heterocycles. The fourth-order valence-corrected chi connectivity index (χ4v) is 2.94. The van der Waals surface area contributed by atoms with Gasteiger partial charge in [-0.25, -0.2) is 4.98 Å². The van der Waals surface area contributed by atoms with Gasteiger partial charge in [0.25, 0.3) is 0 Å². The summed E-state index contributed by atoms with van der Waals surface area (Å²) in [6.45, 7) is 9.34. The second kappa shape index (κ2) is 6.31. The van der Waals surface area contributed by atoms with Crippen LogP contribution in [0.2, 0.25) is 0 Å². The molecule has 0 saturated heterocycles. The first-order valence-corrected chi connectivity index (χ1v) is 7.83. The van der Waals surface area contributed by atoms with Crippen LogP contribution in [0.25, 0.3) is 0 Å². The number of benzene rings is 1.